The fourth-order valence-corrected chi connectivity index (χ4v) is 2.00. The molecule has 6 heteroatoms. The van der Waals surface area contributed by atoms with Crippen LogP contribution < -0.4 is 10.2 Å². The van der Waals surface area contributed by atoms with Crippen LogP contribution in [0.5, 0.6) is 11.5 Å². The van der Waals surface area contributed by atoms with Crippen LogP contribution in [0.2, 0.25) is 0 Å². The van der Waals surface area contributed by atoms with Gasteiger partial charge >= 0.3 is 0 Å². The van der Waals surface area contributed by atoms with Crippen LogP contribution in [0.15, 0.2) is 58.1 Å². The molecular weight excluding hydrogens is 348 g/mol. The van der Waals surface area contributed by atoms with Crippen molar-refractivity contribution in [3.8, 4) is 11.5 Å². The number of nitrogens with one attached hydrogen (secondary N) is 1. The van der Waals surface area contributed by atoms with Crippen molar-refractivity contribution in [2.45, 2.75) is 13.0 Å². The van der Waals surface area contributed by atoms with Crippen molar-refractivity contribution >= 4 is 28.1 Å². The van der Waals surface area contributed by atoms with Crippen molar-refractivity contribution in [3.05, 3.63) is 58.6 Å². The van der Waals surface area contributed by atoms with E-state index in [4.69, 9.17) is 9.84 Å². The van der Waals surface area contributed by atoms with Crippen molar-refractivity contribution in [2.24, 2.45) is 5.10 Å². The van der Waals surface area contributed by atoms with E-state index in [1.807, 2.05) is 12.1 Å². The van der Waals surface area contributed by atoms with Gasteiger partial charge in [-0.3, -0.25) is 4.79 Å². The van der Waals surface area contributed by atoms with Gasteiger partial charge in [0.05, 0.1) is 6.21 Å². The number of nitrogens with zero attached hydrogens (tertiary/aromatic N) is 1. The average Bonchev–Trinajstić information content (AvgIpc) is 2.49. The molecule has 0 aromatic heterocycles. The van der Waals surface area contributed by atoms with Crippen LogP contribution in [-0.2, 0) is 4.79 Å². The van der Waals surface area contributed by atoms with Crippen molar-refractivity contribution in [3.63, 3.8) is 0 Å². The molecule has 0 fully saturated rings. The van der Waals surface area contributed by atoms with E-state index in [1.54, 1.807) is 43.3 Å². The predicted molar refractivity (Wildman–Crippen MR) is 88.1 cm³/mol. The monoisotopic (exact) mass is 362 g/mol. The quantitative estimate of drug-likeness (QED) is 0.634. The summed E-state index contributed by atoms with van der Waals surface area (Å²) in [4.78, 5) is 11.9. The maximum Gasteiger partial charge on any atom is 0.280 e. The predicted octanol–water partition coefficient (Wildman–Crippen LogP) is 3.07. The molecule has 0 aliphatic carbocycles. The normalized spacial score (nSPS) is 12.1. The number of rotatable bonds is 5. The zero-order chi connectivity index (χ0) is 15.9. The number of carbonyl (C=O) groups is 1. The number of hydrogen-bond donors (Lipinski definition) is 2. The third kappa shape index (κ3) is 4.89. The molecule has 2 rings (SSSR count). The van der Waals surface area contributed by atoms with E-state index >= 15 is 0 Å². The average molecular weight is 363 g/mol. The molecule has 2 aromatic rings. The summed E-state index contributed by atoms with van der Waals surface area (Å²) >= 11 is 3.34. The molecule has 2 N–H and O–H groups in total. The second-order valence-electron chi connectivity index (χ2n) is 4.54. The molecule has 1 atom stereocenters. The van der Waals surface area contributed by atoms with Gasteiger partial charge in [-0.05, 0) is 55.0 Å². The fraction of sp³-hybridized carbons (Fsp3) is 0.125. The van der Waals surface area contributed by atoms with E-state index in [9.17, 15) is 4.79 Å². The Balaban J connectivity index is 1.87. The summed E-state index contributed by atoms with van der Waals surface area (Å²) in [5.41, 5.74) is 3.17. The topological polar surface area (TPSA) is 70.9 Å². The molecule has 0 spiro atoms. The lowest BCUT2D eigenvalue weighted by atomic mass is 10.2. The van der Waals surface area contributed by atoms with Crippen LogP contribution >= 0.6 is 15.9 Å². The van der Waals surface area contributed by atoms with Gasteiger partial charge < -0.3 is 9.84 Å². The SMILES string of the molecule is CC(Oc1cccc(Br)c1)C(=O)NN=Cc1ccc(O)cc1. The first kappa shape index (κ1) is 16.0. The van der Waals surface area contributed by atoms with Gasteiger partial charge in [-0.2, -0.15) is 5.10 Å². The molecule has 22 heavy (non-hydrogen) atoms. The Kier molecular flexibility index (Phi) is 5.55. The van der Waals surface area contributed by atoms with Gasteiger partial charge in [0.25, 0.3) is 5.91 Å². The van der Waals surface area contributed by atoms with Crippen LogP contribution in [0.1, 0.15) is 12.5 Å². The van der Waals surface area contributed by atoms with Gasteiger partial charge in [0.1, 0.15) is 11.5 Å². The highest BCUT2D eigenvalue weighted by Gasteiger charge is 2.13. The Labute approximate surface area is 136 Å². The fourth-order valence-electron chi connectivity index (χ4n) is 1.62. The summed E-state index contributed by atoms with van der Waals surface area (Å²) in [5, 5.41) is 13.0. The molecule has 5 nitrogen and oxygen atoms in total. The van der Waals surface area contributed by atoms with E-state index < -0.39 is 6.10 Å². The molecule has 0 bridgehead atoms. The Bertz CT molecular complexity index is 671. The minimum absolute atomic E-state index is 0.178. The number of hydrazone groups is 1. The summed E-state index contributed by atoms with van der Waals surface area (Å²) < 4.78 is 6.40. The standard InChI is InChI=1S/C16H15BrN2O3/c1-11(22-15-4-2-3-13(17)9-15)16(21)19-18-10-12-5-7-14(20)8-6-12/h2-11,20H,1H3,(H,19,21). The number of benzene rings is 2. The minimum Gasteiger partial charge on any atom is -0.508 e. The molecular formula is C16H15BrN2O3. The van der Waals surface area contributed by atoms with E-state index in [0.717, 1.165) is 10.0 Å². The smallest absolute Gasteiger partial charge is 0.280 e. The summed E-state index contributed by atoms with van der Waals surface area (Å²) in [7, 11) is 0. The second kappa shape index (κ2) is 7.61. The first-order valence-corrected chi connectivity index (χ1v) is 7.38. The molecule has 114 valence electrons. The Morgan fingerprint density at radius 1 is 1.32 bits per heavy atom. The van der Waals surface area contributed by atoms with Crippen LogP contribution in [0, 0.1) is 0 Å². The van der Waals surface area contributed by atoms with Crippen LogP contribution in [0.3, 0.4) is 0 Å². The molecule has 0 aliphatic heterocycles. The summed E-state index contributed by atoms with van der Waals surface area (Å²) in [6, 6.07) is 13.7. The number of phenols is 1. The number of phenolic OH excluding ortho intramolecular Hbond substituents is 1. The largest absolute Gasteiger partial charge is 0.508 e. The van der Waals surface area contributed by atoms with Crippen molar-refractivity contribution in [2.75, 3.05) is 0 Å². The number of ether oxygens (including phenoxy) is 1. The third-order valence-corrected chi connectivity index (χ3v) is 3.25. The molecule has 1 amide bonds. The molecule has 0 saturated carbocycles. The lowest BCUT2D eigenvalue weighted by Gasteiger charge is -2.12. The number of aromatic hydroxyl groups is 1. The van der Waals surface area contributed by atoms with Crippen molar-refractivity contribution < 1.29 is 14.6 Å². The van der Waals surface area contributed by atoms with Gasteiger partial charge in [0, 0.05) is 4.47 Å². The molecule has 0 heterocycles. The molecule has 0 aliphatic rings. The Hall–Kier alpha value is -2.34. The highest BCUT2D eigenvalue weighted by atomic mass is 79.9. The molecule has 0 radical (unpaired) electrons. The van der Waals surface area contributed by atoms with Gasteiger partial charge in [0.15, 0.2) is 6.10 Å². The highest BCUT2D eigenvalue weighted by molar-refractivity contribution is 9.10. The lowest BCUT2D eigenvalue weighted by Crippen LogP contribution is -2.33. The van der Waals surface area contributed by atoms with Crippen LogP contribution in [-0.4, -0.2) is 23.3 Å². The number of hydrogen-bond acceptors (Lipinski definition) is 4. The minimum atomic E-state index is -0.675. The van der Waals surface area contributed by atoms with Gasteiger partial charge in [-0.1, -0.05) is 22.0 Å². The number of amides is 1. The highest BCUT2D eigenvalue weighted by Crippen LogP contribution is 2.18. The van der Waals surface area contributed by atoms with E-state index in [-0.39, 0.29) is 11.7 Å². The second-order valence-corrected chi connectivity index (χ2v) is 5.46. The zero-order valence-corrected chi connectivity index (χ0v) is 13.4. The van der Waals surface area contributed by atoms with Gasteiger partial charge in [0.2, 0.25) is 0 Å². The van der Waals surface area contributed by atoms with E-state index in [1.165, 1.54) is 6.21 Å². The molecule has 1 unspecified atom stereocenters. The van der Waals surface area contributed by atoms with Gasteiger partial charge in [-0.25, -0.2) is 5.43 Å². The van der Waals surface area contributed by atoms with Crippen LogP contribution in [0.4, 0.5) is 0 Å². The molecule has 2 aromatic carbocycles. The van der Waals surface area contributed by atoms with E-state index in [2.05, 4.69) is 26.5 Å². The first-order chi connectivity index (χ1) is 10.5. The first-order valence-electron chi connectivity index (χ1n) is 6.59. The van der Waals surface area contributed by atoms with Gasteiger partial charge in [-0.15, -0.1) is 0 Å². The third-order valence-electron chi connectivity index (χ3n) is 2.76. The molecule has 0 saturated heterocycles. The van der Waals surface area contributed by atoms with Crippen LogP contribution in [0.25, 0.3) is 0 Å². The zero-order valence-electron chi connectivity index (χ0n) is 11.9. The number of carbonyl (C=O) groups excluding carboxylic acids is 1. The maximum atomic E-state index is 11.9. The summed E-state index contributed by atoms with van der Waals surface area (Å²) in [6.45, 7) is 1.65. The number of halogens is 1. The van der Waals surface area contributed by atoms with Crippen molar-refractivity contribution in [1.82, 2.24) is 5.43 Å². The van der Waals surface area contributed by atoms with Crippen molar-refractivity contribution in [1.29, 1.82) is 0 Å². The Morgan fingerprint density at radius 2 is 2.05 bits per heavy atom. The summed E-state index contributed by atoms with van der Waals surface area (Å²) in [6.07, 6.45) is 0.814. The Morgan fingerprint density at radius 3 is 2.73 bits per heavy atom. The summed E-state index contributed by atoms with van der Waals surface area (Å²) in [5.74, 6) is 0.423. The maximum absolute atomic E-state index is 11.9. The van der Waals surface area contributed by atoms with E-state index in [0.29, 0.717) is 5.75 Å². The lowest BCUT2D eigenvalue weighted by molar-refractivity contribution is -0.127.